The molecule has 0 aliphatic heterocycles. The van der Waals surface area contributed by atoms with Crippen molar-refractivity contribution >= 4 is 15.9 Å². The zero-order valence-corrected chi connectivity index (χ0v) is 13.0. The van der Waals surface area contributed by atoms with Gasteiger partial charge in [-0.3, -0.25) is 0 Å². The van der Waals surface area contributed by atoms with Crippen LogP contribution >= 0.6 is 15.9 Å². The van der Waals surface area contributed by atoms with Crippen LogP contribution in [0.25, 0.3) is 0 Å². The number of aliphatic hydroxyl groups is 1. The second kappa shape index (κ2) is 6.73. The number of rotatable bonds is 4. The first kappa shape index (κ1) is 14.8. The summed E-state index contributed by atoms with van der Waals surface area (Å²) in [6.07, 6.45) is 4.15. The van der Waals surface area contributed by atoms with Crippen LogP contribution in [0.3, 0.4) is 0 Å². The smallest absolute Gasteiger partial charge is 0.125 e. The fraction of sp³-hybridized carbons (Fsp3) is 0.600. The van der Waals surface area contributed by atoms with Gasteiger partial charge in [-0.1, -0.05) is 15.9 Å². The minimum atomic E-state index is -0.533. The maximum Gasteiger partial charge on any atom is 0.125 e. The van der Waals surface area contributed by atoms with Crippen molar-refractivity contribution in [2.75, 3.05) is 7.11 Å². The molecule has 3 nitrogen and oxygen atoms in total. The van der Waals surface area contributed by atoms with E-state index in [9.17, 15) is 5.11 Å². The Bertz CT molecular complexity index is 420. The monoisotopic (exact) mass is 328 g/mol. The lowest BCUT2D eigenvalue weighted by atomic mass is 9.94. The molecule has 1 N–H and O–H groups in total. The zero-order chi connectivity index (χ0) is 13.8. The number of methoxy groups -OCH3 is 1. The summed E-state index contributed by atoms with van der Waals surface area (Å²) >= 11 is 3.42. The van der Waals surface area contributed by atoms with Gasteiger partial charge < -0.3 is 14.6 Å². The van der Waals surface area contributed by atoms with E-state index in [1.807, 2.05) is 18.2 Å². The van der Waals surface area contributed by atoms with E-state index in [2.05, 4.69) is 15.9 Å². The van der Waals surface area contributed by atoms with Gasteiger partial charge in [-0.25, -0.2) is 0 Å². The number of halogens is 1. The van der Waals surface area contributed by atoms with Gasteiger partial charge in [0.1, 0.15) is 11.9 Å². The van der Waals surface area contributed by atoms with E-state index in [4.69, 9.17) is 9.47 Å². The highest BCUT2D eigenvalue weighted by Gasteiger charge is 2.24. The van der Waals surface area contributed by atoms with Crippen LogP contribution in [0.5, 0.6) is 5.75 Å². The van der Waals surface area contributed by atoms with E-state index in [0.29, 0.717) is 6.10 Å². The molecule has 19 heavy (non-hydrogen) atoms. The minimum absolute atomic E-state index is 0.178. The van der Waals surface area contributed by atoms with Crippen molar-refractivity contribution in [3.63, 3.8) is 0 Å². The summed E-state index contributed by atoms with van der Waals surface area (Å²) in [6, 6.07) is 5.77. The fourth-order valence-electron chi connectivity index (χ4n) is 2.56. The second-order valence-corrected chi connectivity index (χ2v) is 6.04. The summed E-state index contributed by atoms with van der Waals surface area (Å²) < 4.78 is 12.4. The molecule has 1 aliphatic carbocycles. The molecule has 3 atom stereocenters. The molecule has 1 aromatic carbocycles. The highest BCUT2D eigenvalue weighted by molar-refractivity contribution is 9.10. The molecule has 0 radical (unpaired) electrons. The fourth-order valence-corrected chi connectivity index (χ4v) is 2.93. The number of hydrogen-bond acceptors (Lipinski definition) is 3. The first-order valence-electron chi connectivity index (χ1n) is 6.77. The van der Waals surface area contributed by atoms with Crippen LogP contribution in [0.2, 0.25) is 0 Å². The van der Waals surface area contributed by atoms with Gasteiger partial charge in [0.2, 0.25) is 0 Å². The summed E-state index contributed by atoms with van der Waals surface area (Å²) in [5.74, 6) is 0.778. The van der Waals surface area contributed by atoms with Crippen molar-refractivity contribution in [2.24, 2.45) is 0 Å². The Morgan fingerprint density at radius 2 is 2.05 bits per heavy atom. The molecule has 4 heteroatoms. The number of ether oxygens (including phenoxy) is 2. The van der Waals surface area contributed by atoms with E-state index < -0.39 is 6.10 Å². The third-order valence-corrected chi connectivity index (χ3v) is 4.12. The van der Waals surface area contributed by atoms with Gasteiger partial charge in [0.25, 0.3) is 0 Å². The highest BCUT2D eigenvalue weighted by Crippen LogP contribution is 2.32. The third kappa shape index (κ3) is 3.94. The molecule has 2 rings (SSSR count). The Morgan fingerprint density at radius 3 is 2.74 bits per heavy atom. The van der Waals surface area contributed by atoms with Crippen molar-refractivity contribution in [3.05, 3.63) is 28.2 Å². The van der Waals surface area contributed by atoms with Crippen molar-refractivity contribution in [3.8, 4) is 5.75 Å². The van der Waals surface area contributed by atoms with Crippen LogP contribution in [0, 0.1) is 0 Å². The predicted octanol–water partition coefficient (Wildman–Crippen LogP) is 3.84. The SMILES string of the molecule is COC1CCCC(Oc2ccc(Br)cc2[C@H](C)O)C1. The summed E-state index contributed by atoms with van der Waals surface area (Å²) in [4.78, 5) is 0. The van der Waals surface area contributed by atoms with Crippen molar-refractivity contribution in [1.82, 2.24) is 0 Å². The van der Waals surface area contributed by atoms with Crippen LogP contribution in [0.15, 0.2) is 22.7 Å². The molecule has 0 saturated heterocycles. The summed E-state index contributed by atoms with van der Waals surface area (Å²) in [5.41, 5.74) is 0.828. The second-order valence-electron chi connectivity index (χ2n) is 5.12. The molecule has 106 valence electrons. The first-order valence-corrected chi connectivity index (χ1v) is 7.56. The van der Waals surface area contributed by atoms with E-state index >= 15 is 0 Å². The molecule has 0 aromatic heterocycles. The molecule has 0 spiro atoms. The van der Waals surface area contributed by atoms with Crippen molar-refractivity contribution < 1.29 is 14.6 Å². The van der Waals surface area contributed by atoms with Gasteiger partial charge >= 0.3 is 0 Å². The Balaban J connectivity index is 2.10. The van der Waals surface area contributed by atoms with Crippen LogP contribution in [-0.2, 0) is 4.74 Å². The molecule has 1 fully saturated rings. The van der Waals surface area contributed by atoms with Gasteiger partial charge in [-0.15, -0.1) is 0 Å². The molecule has 1 aliphatic rings. The molecular formula is C15H21BrO3. The van der Waals surface area contributed by atoms with Gasteiger partial charge in [0, 0.05) is 23.6 Å². The average molecular weight is 329 g/mol. The topological polar surface area (TPSA) is 38.7 Å². The van der Waals surface area contributed by atoms with Crippen molar-refractivity contribution in [1.29, 1.82) is 0 Å². The normalized spacial score (nSPS) is 25.1. The Hall–Kier alpha value is -0.580. The number of benzene rings is 1. The average Bonchev–Trinajstić information content (AvgIpc) is 2.41. The highest BCUT2D eigenvalue weighted by atomic mass is 79.9. The van der Waals surface area contributed by atoms with Gasteiger partial charge in [-0.2, -0.15) is 0 Å². The predicted molar refractivity (Wildman–Crippen MR) is 78.5 cm³/mol. The maximum absolute atomic E-state index is 9.83. The van der Waals surface area contributed by atoms with Crippen molar-refractivity contribution in [2.45, 2.75) is 50.9 Å². The lowest BCUT2D eigenvalue weighted by Crippen LogP contribution is -2.29. The lowest BCUT2D eigenvalue weighted by molar-refractivity contribution is 0.0199. The number of hydrogen-bond donors (Lipinski definition) is 1. The largest absolute Gasteiger partial charge is 0.490 e. The van der Waals surface area contributed by atoms with Gasteiger partial charge in [0.15, 0.2) is 0 Å². The first-order chi connectivity index (χ1) is 9.10. The molecule has 1 aromatic rings. The van der Waals surface area contributed by atoms with Crippen LogP contribution < -0.4 is 4.74 Å². The Morgan fingerprint density at radius 1 is 1.32 bits per heavy atom. The maximum atomic E-state index is 9.83. The van der Waals surface area contributed by atoms with E-state index in [0.717, 1.165) is 41.5 Å². The van der Waals surface area contributed by atoms with Crippen LogP contribution in [-0.4, -0.2) is 24.4 Å². The molecular weight excluding hydrogens is 308 g/mol. The molecule has 0 heterocycles. The van der Waals surface area contributed by atoms with Gasteiger partial charge in [-0.05, 0) is 44.4 Å². The van der Waals surface area contributed by atoms with E-state index in [1.54, 1.807) is 14.0 Å². The Kier molecular flexibility index (Phi) is 5.25. The summed E-state index contributed by atoms with van der Waals surface area (Å²) in [5, 5.41) is 9.83. The quantitative estimate of drug-likeness (QED) is 0.912. The molecule has 1 saturated carbocycles. The Labute approximate surface area is 123 Å². The molecule has 2 unspecified atom stereocenters. The zero-order valence-electron chi connectivity index (χ0n) is 11.4. The summed E-state index contributed by atoms with van der Waals surface area (Å²) in [7, 11) is 1.76. The third-order valence-electron chi connectivity index (χ3n) is 3.63. The van der Waals surface area contributed by atoms with Gasteiger partial charge in [0.05, 0.1) is 12.2 Å². The van der Waals surface area contributed by atoms with Crippen LogP contribution in [0.4, 0.5) is 0 Å². The standard InChI is InChI=1S/C15H21BrO3/c1-10(17)14-8-11(16)6-7-15(14)19-13-5-3-4-12(9-13)18-2/h6-8,10,12-13,17H,3-5,9H2,1-2H3/t10-,12?,13?/m0/s1. The van der Waals surface area contributed by atoms with Crippen LogP contribution in [0.1, 0.15) is 44.3 Å². The minimum Gasteiger partial charge on any atom is -0.490 e. The molecule has 0 amide bonds. The molecule has 0 bridgehead atoms. The van der Waals surface area contributed by atoms with E-state index in [1.165, 1.54) is 0 Å². The lowest BCUT2D eigenvalue weighted by Gasteiger charge is -2.29. The van der Waals surface area contributed by atoms with E-state index in [-0.39, 0.29) is 6.10 Å². The number of aliphatic hydroxyl groups excluding tert-OH is 1. The summed E-state index contributed by atoms with van der Waals surface area (Å²) in [6.45, 7) is 1.76.